The lowest BCUT2D eigenvalue weighted by Gasteiger charge is -2.07. The van der Waals surface area contributed by atoms with Gasteiger partial charge in [0.15, 0.2) is 6.10 Å². The third-order valence-electron chi connectivity index (χ3n) is 1.76. The molecule has 1 aromatic carbocycles. The van der Waals surface area contributed by atoms with E-state index in [0.717, 1.165) is 0 Å². The van der Waals surface area contributed by atoms with Crippen molar-refractivity contribution in [3.8, 4) is 5.75 Å². The molecule has 1 aromatic rings. The van der Waals surface area contributed by atoms with Crippen LogP contribution in [0, 0.1) is 0 Å². The first-order valence-corrected chi connectivity index (χ1v) is 4.39. The lowest BCUT2D eigenvalue weighted by molar-refractivity contribution is -0.149. The molecule has 0 saturated heterocycles. The van der Waals surface area contributed by atoms with Crippen LogP contribution in [-0.2, 0) is 9.53 Å². The summed E-state index contributed by atoms with van der Waals surface area (Å²) in [6.07, 6.45) is -1.77. The van der Waals surface area contributed by atoms with Gasteiger partial charge in [0.1, 0.15) is 11.3 Å². The fourth-order valence-corrected chi connectivity index (χ4v) is 0.935. The molecule has 0 aliphatic rings. The zero-order valence-corrected chi connectivity index (χ0v) is 8.16. The summed E-state index contributed by atoms with van der Waals surface area (Å²) < 4.78 is 4.22. The van der Waals surface area contributed by atoms with Crippen LogP contribution in [0.1, 0.15) is 10.4 Å². The smallest absolute Gasteiger partial charge is 0.349 e. The Morgan fingerprint density at radius 3 is 2.50 bits per heavy atom. The number of para-hydroxylation sites is 1. The van der Waals surface area contributed by atoms with Crippen molar-refractivity contribution < 1.29 is 29.6 Å². The average Bonchev–Trinajstić information content (AvgIpc) is 2.28. The zero-order valence-electron chi connectivity index (χ0n) is 8.16. The van der Waals surface area contributed by atoms with E-state index in [9.17, 15) is 14.7 Å². The van der Waals surface area contributed by atoms with Crippen molar-refractivity contribution in [1.82, 2.24) is 0 Å². The number of esters is 2. The van der Waals surface area contributed by atoms with Gasteiger partial charge in [-0.2, -0.15) is 0 Å². The van der Waals surface area contributed by atoms with Gasteiger partial charge in [-0.05, 0) is 12.1 Å². The molecule has 0 spiro atoms. The summed E-state index contributed by atoms with van der Waals surface area (Å²) >= 11 is 0. The minimum atomic E-state index is -1.77. The van der Waals surface area contributed by atoms with Crippen molar-refractivity contribution in [2.45, 2.75) is 6.10 Å². The summed E-state index contributed by atoms with van der Waals surface area (Å²) in [4.78, 5) is 22.2. The SMILES string of the molecule is O=C(OC(=O)C(O)CO)c1ccccc1O. The molecule has 0 fully saturated rings. The number of carbonyl (C=O) groups excluding carboxylic acids is 2. The molecule has 1 unspecified atom stereocenters. The molecule has 0 aromatic heterocycles. The Labute approximate surface area is 90.7 Å². The second-order valence-electron chi connectivity index (χ2n) is 2.92. The first-order chi connectivity index (χ1) is 7.56. The van der Waals surface area contributed by atoms with Gasteiger partial charge in [0.2, 0.25) is 0 Å². The summed E-state index contributed by atoms with van der Waals surface area (Å²) in [6, 6.07) is 5.49. The number of aromatic hydroxyl groups is 1. The second kappa shape index (κ2) is 5.24. The number of phenols is 1. The van der Waals surface area contributed by atoms with Crippen LogP contribution in [0.4, 0.5) is 0 Å². The normalized spacial score (nSPS) is 11.9. The Morgan fingerprint density at radius 2 is 1.94 bits per heavy atom. The zero-order chi connectivity index (χ0) is 12.1. The van der Waals surface area contributed by atoms with Crippen LogP contribution in [0.15, 0.2) is 24.3 Å². The van der Waals surface area contributed by atoms with Crippen LogP contribution in [0.2, 0.25) is 0 Å². The molecule has 0 bridgehead atoms. The van der Waals surface area contributed by atoms with Crippen LogP contribution in [0.25, 0.3) is 0 Å². The number of rotatable bonds is 3. The van der Waals surface area contributed by atoms with E-state index in [0.29, 0.717) is 0 Å². The first-order valence-electron chi connectivity index (χ1n) is 4.39. The van der Waals surface area contributed by atoms with Crippen LogP contribution < -0.4 is 0 Å². The molecule has 86 valence electrons. The molecular weight excluding hydrogens is 216 g/mol. The molecule has 0 saturated carbocycles. The summed E-state index contributed by atoms with van der Waals surface area (Å²) in [7, 11) is 0. The van der Waals surface area contributed by atoms with Crippen LogP contribution in [0.5, 0.6) is 5.75 Å². The Balaban J connectivity index is 2.74. The number of hydrogen-bond donors (Lipinski definition) is 3. The molecule has 0 radical (unpaired) electrons. The largest absolute Gasteiger partial charge is 0.507 e. The fourth-order valence-electron chi connectivity index (χ4n) is 0.935. The highest BCUT2D eigenvalue weighted by Gasteiger charge is 2.21. The van der Waals surface area contributed by atoms with Crippen LogP contribution in [0.3, 0.4) is 0 Å². The Morgan fingerprint density at radius 1 is 1.31 bits per heavy atom. The molecule has 3 N–H and O–H groups in total. The number of carbonyl (C=O) groups is 2. The summed E-state index contributed by atoms with van der Waals surface area (Å²) in [5.41, 5.74) is -0.194. The van der Waals surface area contributed by atoms with Gasteiger partial charge in [-0.1, -0.05) is 12.1 Å². The minimum absolute atomic E-state index is 0.194. The maximum absolute atomic E-state index is 11.3. The Hall–Kier alpha value is -1.92. The van der Waals surface area contributed by atoms with Crippen molar-refractivity contribution >= 4 is 11.9 Å². The summed E-state index contributed by atoms with van der Waals surface area (Å²) in [5.74, 6) is -2.69. The van der Waals surface area contributed by atoms with Crippen LogP contribution >= 0.6 is 0 Å². The number of phenolic OH excluding ortho intramolecular Hbond substituents is 1. The van der Waals surface area contributed by atoms with Crippen LogP contribution in [-0.4, -0.2) is 40.0 Å². The molecule has 1 rings (SSSR count). The number of hydrogen-bond acceptors (Lipinski definition) is 6. The molecular formula is C10H10O6. The van der Waals surface area contributed by atoms with Gasteiger partial charge in [0.05, 0.1) is 6.61 Å². The van der Waals surface area contributed by atoms with Gasteiger partial charge in [-0.25, -0.2) is 9.59 Å². The molecule has 1 atom stereocenters. The second-order valence-corrected chi connectivity index (χ2v) is 2.92. The van der Waals surface area contributed by atoms with Gasteiger partial charge < -0.3 is 20.1 Å². The molecule has 6 heteroatoms. The van der Waals surface area contributed by atoms with Crippen molar-refractivity contribution in [1.29, 1.82) is 0 Å². The average molecular weight is 226 g/mol. The highest BCUT2D eigenvalue weighted by molar-refractivity contribution is 5.99. The first kappa shape index (κ1) is 12.2. The molecule has 0 amide bonds. The van der Waals surface area contributed by atoms with Gasteiger partial charge in [-0.15, -0.1) is 0 Å². The maximum atomic E-state index is 11.3. The quantitative estimate of drug-likeness (QED) is 0.471. The minimum Gasteiger partial charge on any atom is -0.507 e. The van der Waals surface area contributed by atoms with Gasteiger partial charge in [0.25, 0.3) is 0 Å². The predicted octanol–water partition coefficient (Wildman–Crippen LogP) is -0.571. The lowest BCUT2D eigenvalue weighted by Crippen LogP contribution is -2.28. The molecule has 16 heavy (non-hydrogen) atoms. The summed E-state index contributed by atoms with van der Waals surface area (Å²) in [5, 5.41) is 26.5. The lowest BCUT2D eigenvalue weighted by atomic mass is 10.2. The fraction of sp³-hybridized carbons (Fsp3) is 0.200. The third kappa shape index (κ3) is 2.78. The topological polar surface area (TPSA) is 104 Å². The predicted molar refractivity (Wildman–Crippen MR) is 51.6 cm³/mol. The van der Waals surface area contributed by atoms with E-state index in [1.807, 2.05) is 0 Å². The number of ether oxygens (including phenoxy) is 1. The third-order valence-corrected chi connectivity index (χ3v) is 1.76. The van der Waals surface area contributed by atoms with E-state index < -0.39 is 24.6 Å². The van der Waals surface area contributed by atoms with E-state index in [1.165, 1.54) is 24.3 Å². The van der Waals surface area contributed by atoms with Crippen molar-refractivity contribution in [3.63, 3.8) is 0 Å². The number of aliphatic hydroxyl groups excluding tert-OH is 2. The Bertz CT molecular complexity index is 400. The molecule has 0 aliphatic heterocycles. The van der Waals surface area contributed by atoms with Crippen molar-refractivity contribution in [3.05, 3.63) is 29.8 Å². The highest BCUT2D eigenvalue weighted by Crippen LogP contribution is 2.16. The Kier molecular flexibility index (Phi) is 3.98. The van der Waals surface area contributed by atoms with Gasteiger partial charge in [-0.3, -0.25) is 0 Å². The van der Waals surface area contributed by atoms with E-state index in [-0.39, 0.29) is 11.3 Å². The molecule has 0 heterocycles. The molecule has 0 aliphatic carbocycles. The highest BCUT2D eigenvalue weighted by atomic mass is 16.6. The molecule has 6 nitrogen and oxygen atoms in total. The maximum Gasteiger partial charge on any atom is 0.349 e. The monoisotopic (exact) mass is 226 g/mol. The van der Waals surface area contributed by atoms with E-state index >= 15 is 0 Å². The van der Waals surface area contributed by atoms with Gasteiger partial charge in [0, 0.05) is 0 Å². The van der Waals surface area contributed by atoms with E-state index in [1.54, 1.807) is 0 Å². The van der Waals surface area contributed by atoms with E-state index in [4.69, 9.17) is 10.2 Å². The van der Waals surface area contributed by atoms with Crippen molar-refractivity contribution in [2.24, 2.45) is 0 Å². The number of benzene rings is 1. The standard InChI is InChI=1S/C10H10O6/c11-5-8(13)10(15)16-9(14)6-3-1-2-4-7(6)12/h1-4,8,11-13H,5H2. The number of aliphatic hydroxyl groups is 2. The van der Waals surface area contributed by atoms with Gasteiger partial charge >= 0.3 is 11.9 Å². The van der Waals surface area contributed by atoms with Crippen molar-refractivity contribution in [2.75, 3.05) is 6.61 Å². The summed E-state index contributed by atoms with van der Waals surface area (Å²) in [6.45, 7) is -0.840. The van der Waals surface area contributed by atoms with E-state index in [2.05, 4.69) is 4.74 Å².